The lowest BCUT2D eigenvalue weighted by atomic mass is 9.65. The summed E-state index contributed by atoms with van der Waals surface area (Å²) in [5.41, 5.74) is 15.6. The third-order valence-electron chi connectivity index (χ3n) is 6.51. The van der Waals surface area contributed by atoms with Crippen molar-refractivity contribution >= 4 is 11.8 Å². The van der Waals surface area contributed by atoms with Gasteiger partial charge in [0.2, 0.25) is 12.5 Å². The monoisotopic (exact) mass is 401 g/mol. The van der Waals surface area contributed by atoms with Crippen molar-refractivity contribution in [2.45, 2.75) is 112 Å². The van der Waals surface area contributed by atoms with E-state index in [4.69, 9.17) is 26.7 Å². The molecule has 166 valence electrons. The van der Waals surface area contributed by atoms with Crippen LogP contribution in [-0.4, -0.2) is 35.3 Å². The molecule has 0 aliphatic carbocycles. The Morgan fingerprint density at radius 1 is 0.821 bits per heavy atom. The number of ether oxygens (including phenoxy) is 2. The van der Waals surface area contributed by atoms with Crippen LogP contribution in [0.1, 0.15) is 88.0 Å². The first-order valence-electron chi connectivity index (χ1n) is 10.3. The van der Waals surface area contributed by atoms with Crippen LogP contribution in [0.4, 0.5) is 0 Å². The summed E-state index contributed by atoms with van der Waals surface area (Å²) in [4.78, 5) is 25.5. The topological polar surface area (TPSA) is 131 Å². The molecule has 0 radical (unpaired) electrons. The molecule has 0 aliphatic rings. The maximum absolute atomic E-state index is 13.0. The molecule has 0 amide bonds. The van der Waals surface area contributed by atoms with Crippen LogP contribution in [0, 0.1) is 10.8 Å². The van der Waals surface area contributed by atoms with Gasteiger partial charge in [-0.25, -0.2) is 4.79 Å². The highest BCUT2D eigenvalue weighted by Gasteiger charge is 2.49. The summed E-state index contributed by atoms with van der Waals surface area (Å²) in [5.74, 6) is -1.26. The summed E-state index contributed by atoms with van der Waals surface area (Å²) < 4.78 is 11.2. The number of carbonyl (C=O) groups is 2. The minimum absolute atomic E-state index is 0.241. The first kappa shape index (κ1) is 27.0. The van der Waals surface area contributed by atoms with Crippen molar-refractivity contribution in [1.82, 2.24) is 0 Å². The number of Topliss-reactive ketones (excluding diaryl/α,β-unsaturated/α-hetero) is 1. The second kappa shape index (κ2) is 9.65. The summed E-state index contributed by atoms with van der Waals surface area (Å²) >= 11 is 0. The largest absolute Gasteiger partial charge is 0.436 e. The summed E-state index contributed by atoms with van der Waals surface area (Å²) in [6, 6.07) is 0. The van der Waals surface area contributed by atoms with Crippen molar-refractivity contribution in [2.24, 2.45) is 28.0 Å². The average molecular weight is 402 g/mol. The Morgan fingerprint density at radius 2 is 1.25 bits per heavy atom. The molecular formula is C21H43N3O4. The molecule has 2 unspecified atom stereocenters. The molecule has 7 heteroatoms. The van der Waals surface area contributed by atoms with E-state index in [9.17, 15) is 9.59 Å². The third kappa shape index (κ3) is 5.32. The third-order valence-corrected chi connectivity index (χ3v) is 6.51. The van der Waals surface area contributed by atoms with Crippen LogP contribution in [0.3, 0.4) is 0 Å². The Bertz CT molecular complexity index is 527. The maximum Gasteiger partial charge on any atom is 0.352 e. The van der Waals surface area contributed by atoms with Crippen LogP contribution in [0.2, 0.25) is 0 Å². The van der Waals surface area contributed by atoms with Crippen LogP contribution >= 0.6 is 0 Å². The van der Waals surface area contributed by atoms with Gasteiger partial charge in [0.1, 0.15) is 0 Å². The molecule has 0 aromatic rings. The smallest absolute Gasteiger partial charge is 0.352 e. The molecular weight excluding hydrogens is 358 g/mol. The zero-order valence-corrected chi connectivity index (χ0v) is 19.3. The van der Waals surface area contributed by atoms with E-state index in [1.807, 2.05) is 48.5 Å². The highest BCUT2D eigenvalue weighted by Crippen LogP contribution is 2.40. The molecule has 2 atom stereocenters. The number of ketones is 1. The summed E-state index contributed by atoms with van der Waals surface area (Å²) in [6.07, 6.45) is -0.458. The summed E-state index contributed by atoms with van der Waals surface area (Å²) in [6.45, 7) is 17.4. The normalized spacial score (nSPS) is 15.9. The molecule has 0 heterocycles. The molecule has 0 saturated carbocycles. The van der Waals surface area contributed by atoms with Crippen LogP contribution in [-0.2, 0) is 19.1 Å². The Labute approximate surface area is 171 Å². The minimum atomic E-state index is -1.45. The minimum Gasteiger partial charge on any atom is -0.436 e. The summed E-state index contributed by atoms with van der Waals surface area (Å²) in [5, 5.41) is 0. The number of rotatable bonds is 11. The van der Waals surface area contributed by atoms with Gasteiger partial charge in [0.25, 0.3) is 0 Å². The fourth-order valence-electron chi connectivity index (χ4n) is 4.29. The molecule has 0 saturated heterocycles. The van der Waals surface area contributed by atoms with Gasteiger partial charge < -0.3 is 15.2 Å². The molecule has 0 aromatic carbocycles. The molecule has 7 nitrogen and oxygen atoms in total. The molecule has 0 bridgehead atoms. The van der Waals surface area contributed by atoms with E-state index in [1.165, 1.54) is 0 Å². The van der Waals surface area contributed by atoms with Gasteiger partial charge in [0, 0.05) is 5.54 Å². The van der Waals surface area contributed by atoms with Crippen LogP contribution in [0.15, 0.2) is 0 Å². The zero-order valence-electron chi connectivity index (χ0n) is 19.3. The van der Waals surface area contributed by atoms with Crippen molar-refractivity contribution < 1.29 is 19.1 Å². The van der Waals surface area contributed by atoms with Gasteiger partial charge in [-0.15, -0.1) is 0 Å². The number of hydrogen-bond acceptors (Lipinski definition) is 7. The van der Waals surface area contributed by atoms with Crippen molar-refractivity contribution in [3.05, 3.63) is 0 Å². The Morgan fingerprint density at radius 3 is 1.54 bits per heavy atom. The number of esters is 1. The molecule has 0 aliphatic heterocycles. The van der Waals surface area contributed by atoms with E-state index in [0.29, 0.717) is 25.7 Å². The van der Waals surface area contributed by atoms with Gasteiger partial charge in [-0.2, -0.15) is 0 Å². The predicted octanol–water partition coefficient (Wildman–Crippen LogP) is 2.83. The fraction of sp³-hybridized carbons (Fsp3) is 0.905. The first-order chi connectivity index (χ1) is 12.6. The van der Waals surface area contributed by atoms with Crippen molar-refractivity contribution in [1.29, 1.82) is 0 Å². The number of hydrogen-bond donors (Lipinski definition) is 3. The fourth-order valence-corrected chi connectivity index (χ4v) is 4.29. The number of nitrogens with two attached hydrogens (primary N) is 3. The zero-order chi connectivity index (χ0) is 22.6. The molecule has 28 heavy (non-hydrogen) atoms. The van der Waals surface area contributed by atoms with Crippen molar-refractivity contribution in [2.75, 3.05) is 0 Å². The highest BCUT2D eigenvalue weighted by molar-refractivity contribution is 5.91. The van der Waals surface area contributed by atoms with E-state index in [0.717, 1.165) is 0 Å². The lowest BCUT2D eigenvalue weighted by Gasteiger charge is -2.45. The van der Waals surface area contributed by atoms with Gasteiger partial charge in [-0.1, -0.05) is 48.5 Å². The van der Waals surface area contributed by atoms with Crippen molar-refractivity contribution in [3.63, 3.8) is 0 Å². The van der Waals surface area contributed by atoms with Gasteiger partial charge in [0.05, 0.1) is 11.0 Å². The second-order valence-electron chi connectivity index (χ2n) is 9.22. The lowest BCUT2D eigenvalue weighted by molar-refractivity contribution is -0.194. The van der Waals surface area contributed by atoms with E-state index in [2.05, 4.69) is 0 Å². The van der Waals surface area contributed by atoms with Gasteiger partial charge >= 0.3 is 5.97 Å². The average Bonchev–Trinajstić information content (AvgIpc) is 2.58. The van der Waals surface area contributed by atoms with E-state index in [1.54, 1.807) is 13.8 Å². The summed E-state index contributed by atoms with van der Waals surface area (Å²) in [7, 11) is 0. The van der Waals surface area contributed by atoms with Crippen LogP contribution < -0.4 is 17.2 Å². The Kier molecular flexibility index (Phi) is 9.30. The predicted molar refractivity (Wildman–Crippen MR) is 112 cm³/mol. The quantitative estimate of drug-likeness (QED) is 0.358. The standard InChI is InChI=1S/C21H43N3O4/c1-10-20(11-2,19(8,9)24)14(25)15(22)27-17(26)16(23)28-21(12-3,13-4)18(5,6)7/h15-16H,10-13,22-24H2,1-9H3. The Hall–Kier alpha value is -1.02. The molecule has 0 aromatic heterocycles. The van der Waals surface area contributed by atoms with Crippen LogP contribution in [0.25, 0.3) is 0 Å². The highest BCUT2D eigenvalue weighted by atomic mass is 16.6. The van der Waals surface area contributed by atoms with E-state index < -0.39 is 40.8 Å². The molecule has 6 N–H and O–H groups in total. The molecule has 0 fully saturated rings. The lowest BCUT2D eigenvalue weighted by Crippen LogP contribution is -2.60. The van der Waals surface area contributed by atoms with Gasteiger partial charge in [-0.05, 0) is 44.9 Å². The van der Waals surface area contributed by atoms with E-state index in [-0.39, 0.29) is 5.41 Å². The maximum atomic E-state index is 13.0. The molecule has 0 rings (SSSR count). The first-order valence-corrected chi connectivity index (χ1v) is 10.3. The Balaban J connectivity index is 5.42. The van der Waals surface area contributed by atoms with Crippen molar-refractivity contribution in [3.8, 4) is 0 Å². The van der Waals surface area contributed by atoms with E-state index >= 15 is 0 Å². The SMILES string of the molecule is CCC(CC)(OC(N)C(=O)OC(N)C(=O)C(CC)(CC)C(C)(C)N)C(C)(C)C. The van der Waals surface area contributed by atoms with Gasteiger partial charge in [-0.3, -0.25) is 16.3 Å². The van der Waals surface area contributed by atoms with Crippen LogP contribution in [0.5, 0.6) is 0 Å². The number of carbonyl (C=O) groups excluding carboxylic acids is 2. The molecule has 0 spiro atoms. The van der Waals surface area contributed by atoms with Gasteiger partial charge in [0.15, 0.2) is 5.78 Å². The second-order valence-corrected chi connectivity index (χ2v) is 9.22.